The van der Waals surface area contributed by atoms with Crippen LogP contribution < -0.4 is 5.48 Å². The molecule has 1 radical (unpaired) electrons. The van der Waals surface area contributed by atoms with Crippen LogP contribution in [-0.2, 0) is 27.1 Å². The van der Waals surface area contributed by atoms with Gasteiger partial charge in [0, 0.05) is 6.42 Å². The number of methoxy groups -OCH3 is 1. The summed E-state index contributed by atoms with van der Waals surface area (Å²) in [7, 11) is 2.90. The fourth-order valence-corrected chi connectivity index (χ4v) is 3.31. The third kappa shape index (κ3) is 6.00. The zero-order valence-electron chi connectivity index (χ0n) is 14.2. The minimum absolute atomic E-state index is 0.315. The molecule has 1 saturated carbocycles. The first-order valence-electron chi connectivity index (χ1n) is 8.57. The van der Waals surface area contributed by atoms with Gasteiger partial charge in [0.15, 0.2) is 0 Å². The Hall–Kier alpha value is -1.33. The van der Waals surface area contributed by atoms with Crippen LogP contribution in [0.25, 0.3) is 0 Å². The molecular formula is C18H27BNO3. The Bertz CT molecular complexity index is 489. The van der Waals surface area contributed by atoms with Gasteiger partial charge in [-0.25, -0.2) is 5.48 Å². The van der Waals surface area contributed by atoms with E-state index in [2.05, 4.69) is 29.7 Å². The molecule has 0 aliphatic heterocycles. The van der Waals surface area contributed by atoms with Crippen molar-refractivity contribution in [1.82, 2.24) is 5.48 Å². The van der Waals surface area contributed by atoms with Gasteiger partial charge < -0.3 is 9.49 Å². The third-order valence-corrected chi connectivity index (χ3v) is 4.49. The van der Waals surface area contributed by atoms with Crippen LogP contribution in [0.1, 0.15) is 43.2 Å². The number of carbonyl (C=O) groups excluding carboxylic acids is 1. The largest absolute Gasteiger partial charge is 0.468 e. The van der Waals surface area contributed by atoms with Gasteiger partial charge in [0.2, 0.25) is 0 Å². The second-order valence-corrected chi connectivity index (χ2v) is 6.28. The van der Waals surface area contributed by atoms with Gasteiger partial charge in [-0.3, -0.25) is 4.79 Å². The highest BCUT2D eigenvalue weighted by molar-refractivity contribution is 6.24. The van der Waals surface area contributed by atoms with Gasteiger partial charge in [-0.2, -0.15) is 0 Å². The molecule has 1 fully saturated rings. The van der Waals surface area contributed by atoms with Crippen LogP contribution in [0.15, 0.2) is 24.3 Å². The molecule has 5 heteroatoms. The van der Waals surface area contributed by atoms with Crippen molar-refractivity contribution < 1.29 is 14.3 Å². The molecule has 1 N–H and O–H groups in total. The zero-order valence-corrected chi connectivity index (χ0v) is 14.2. The summed E-state index contributed by atoms with van der Waals surface area (Å²) in [6.45, 7) is 1.76. The van der Waals surface area contributed by atoms with E-state index >= 15 is 0 Å². The molecule has 125 valence electrons. The van der Waals surface area contributed by atoms with E-state index in [1.54, 1.807) is 6.82 Å². The smallest absolute Gasteiger partial charge is 0.325 e. The molecule has 0 aromatic heterocycles. The normalized spacial score (nSPS) is 16.8. The molecule has 1 aliphatic carbocycles. The molecule has 1 atom stereocenters. The molecular weight excluding hydrogens is 289 g/mol. The Morgan fingerprint density at radius 2 is 2.04 bits per heavy atom. The van der Waals surface area contributed by atoms with Gasteiger partial charge in [0.05, 0.1) is 7.11 Å². The van der Waals surface area contributed by atoms with Crippen molar-refractivity contribution in [1.29, 1.82) is 0 Å². The Morgan fingerprint density at radius 1 is 1.30 bits per heavy atom. The highest BCUT2D eigenvalue weighted by atomic mass is 16.6. The molecule has 0 amide bonds. The van der Waals surface area contributed by atoms with E-state index in [9.17, 15) is 4.79 Å². The summed E-state index contributed by atoms with van der Waals surface area (Å²) in [5.41, 5.74) is 5.23. The number of esters is 1. The predicted molar refractivity (Wildman–Crippen MR) is 92.1 cm³/mol. The van der Waals surface area contributed by atoms with Gasteiger partial charge in [0.25, 0.3) is 0 Å². The lowest BCUT2D eigenvalue weighted by atomic mass is 9.84. The van der Waals surface area contributed by atoms with E-state index in [4.69, 9.17) is 9.49 Å². The Kier molecular flexibility index (Phi) is 7.63. The summed E-state index contributed by atoms with van der Waals surface area (Å²) in [6, 6.07) is 8.03. The summed E-state index contributed by atoms with van der Waals surface area (Å²) in [5, 5.41) is 0. The predicted octanol–water partition coefficient (Wildman–Crippen LogP) is 3.08. The molecule has 23 heavy (non-hydrogen) atoms. The minimum Gasteiger partial charge on any atom is -0.468 e. The maximum atomic E-state index is 11.8. The second kappa shape index (κ2) is 9.73. The molecule has 1 aliphatic rings. The highest BCUT2D eigenvalue weighted by Gasteiger charge is 2.20. The molecule has 1 aromatic carbocycles. The molecule has 0 spiro atoms. The maximum absolute atomic E-state index is 11.8. The lowest BCUT2D eigenvalue weighted by Gasteiger charge is -2.22. The number of ether oxygens (including phenoxy) is 1. The molecule has 1 aromatic rings. The number of hydroxylamine groups is 1. The van der Waals surface area contributed by atoms with E-state index in [1.807, 2.05) is 0 Å². The van der Waals surface area contributed by atoms with E-state index in [0.717, 1.165) is 17.9 Å². The molecule has 2 rings (SSSR count). The van der Waals surface area contributed by atoms with Gasteiger partial charge in [-0.15, -0.1) is 0 Å². The fraction of sp³-hybridized carbons (Fsp3) is 0.611. The van der Waals surface area contributed by atoms with Crippen LogP contribution in [0, 0.1) is 5.92 Å². The van der Waals surface area contributed by atoms with Crippen molar-refractivity contribution in [3.05, 3.63) is 35.4 Å². The average Bonchev–Trinajstić information content (AvgIpc) is 2.59. The summed E-state index contributed by atoms with van der Waals surface area (Å²) < 4.78 is 9.90. The maximum Gasteiger partial charge on any atom is 0.325 e. The average molecular weight is 316 g/mol. The van der Waals surface area contributed by atoms with Crippen LogP contribution in [0.2, 0.25) is 6.82 Å². The van der Waals surface area contributed by atoms with Gasteiger partial charge in [0.1, 0.15) is 6.04 Å². The molecule has 0 saturated heterocycles. The first-order valence-corrected chi connectivity index (χ1v) is 8.57. The van der Waals surface area contributed by atoms with Crippen LogP contribution in [0.5, 0.6) is 0 Å². The summed E-state index contributed by atoms with van der Waals surface area (Å²) in [4.78, 5) is 11.8. The van der Waals surface area contributed by atoms with Crippen LogP contribution >= 0.6 is 0 Å². The monoisotopic (exact) mass is 316 g/mol. The van der Waals surface area contributed by atoms with Crippen LogP contribution in [0.4, 0.5) is 0 Å². The molecule has 0 heterocycles. The van der Waals surface area contributed by atoms with Crippen LogP contribution in [-0.4, -0.2) is 26.6 Å². The summed E-state index contributed by atoms with van der Waals surface area (Å²) >= 11 is 0. The molecule has 0 bridgehead atoms. The number of hydrogen-bond donors (Lipinski definition) is 1. The minimum atomic E-state index is -0.499. The first-order chi connectivity index (χ1) is 11.2. The first kappa shape index (κ1) is 18.0. The topological polar surface area (TPSA) is 47.6 Å². The summed E-state index contributed by atoms with van der Waals surface area (Å²) in [5.74, 6) is 0.496. The van der Waals surface area contributed by atoms with Crippen LogP contribution in [0.3, 0.4) is 0 Å². The SMILES string of the molecule is C[B]ON[C@@H](Cc1cccc(CC2CCCCC2)c1)C(=O)OC. The van der Waals surface area contributed by atoms with E-state index in [0.29, 0.717) is 6.42 Å². The van der Waals surface area contributed by atoms with Crippen molar-refractivity contribution >= 4 is 13.5 Å². The number of benzene rings is 1. The fourth-order valence-electron chi connectivity index (χ4n) is 3.31. The number of nitrogens with one attached hydrogen (secondary N) is 1. The number of rotatable bonds is 8. The lowest BCUT2D eigenvalue weighted by Crippen LogP contribution is -2.39. The van der Waals surface area contributed by atoms with E-state index in [1.165, 1.54) is 52.3 Å². The number of hydrogen-bond acceptors (Lipinski definition) is 4. The Morgan fingerprint density at radius 3 is 2.74 bits per heavy atom. The third-order valence-electron chi connectivity index (χ3n) is 4.49. The van der Waals surface area contributed by atoms with Gasteiger partial charge in [-0.1, -0.05) is 63.2 Å². The highest BCUT2D eigenvalue weighted by Crippen LogP contribution is 2.27. The second-order valence-electron chi connectivity index (χ2n) is 6.28. The Labute approximate surface area is 140 Å². The van der Waals surface area contributed by atoms with Gasteiger partial charge >= 0.3 is 13.5 Å². The number of carbonyl (C=O) groups is 1. The van der Waals surface area contributed by atoms with Crippen molar-refractivity contribution in [2.45, 2.75) is 57.8 Å². The summed E-state index contributed by atoms with van der Waals surface area (Å²) in [6.07, 6.45) is 8.50. The van der Waals surface area contributed by atoms with E-state index < -0.39 is 6.04 Å². The van der Waals surface area contributed by atoms with Crippen molar-refractivity contribution in [3.63, 3.8) is 0 Å². The quantitative estimate of drug-likeness (QED) is 0.455. The lowest BCUT2D eigenvalue weighted by molar-refractivity contribution is -0.145. The Balaban J connectivity index is 1.97. The molecule has 0 unspecified atom stereocenters. The van der Waals surface area contributed by atoms with Gasteiger partial charge in [-0.05, 0) is 23.5 Å². The van der Waals surface area contributed by atoms with Crippen molar-refractivity contribution in [3.8, 4) is 0 Å². The zero-order chi connectivity index (χ0) is 16.5. The molecule has 4 nitrogen and oxygen atoms in total. The van der Waals surface area contributed by atoms with Crippen molar-refractivity contribution in [2.24, 2.45) is 5.92 Å². The van der Waals surface area contributed by atoms with Crippen molar-refractivity contribution in [2.75, 3.05) is 7.11 Å². The van der Waals surface area contributed by atoms with E-state index in [-0.39, 0.29) is 5.97 Å². The standard InChI is InChI=1S/C18H27BNO3/c1-19-23-20-17(18(21)22-2)13-16-10-6-9-15(12-16)11-14-7-4-3-5-8-14/h6,9-10,12,14,17,20H,3-5,7-8,11,13H2,1-2H3/t17-/m0/s1.